The Morgan fingerprint density at radius 2 is 1.59 bits per heavy atom. The van der Waals surface area contributed by atoms with Crippen molar-refractivity contribution >= 4 is 42.3 Å². The van der Waals surface area contributed by atoms with Crippen LogP contribution in [-0.4, -0.2) is 73.6 Å². The molecule has 2 amide bonds. The van der Waals surface area contributed by atoms with Gasteiger partial charge < -0.3 is 4.74 Å². The third-order valence-electron chi connectivity index (χ3n) is 7.49. The van der Waals surface area contributed by atoms with Gasteiger partial charge in [0.05, 0.1) is 30.7 Å². The molecular weight excluding hydrogens is 449 g/mol. The summed E-state index contributed by atoms with van der Waals surface area (Å²) in [4.78, 5) is 33.5. The predicted octanol–water partition coefficient (Wildman–Crippen LogP) is 2.86. The topological polar surface area (TPSA) is 53.1 Å². The highest BCUT2D eigenvalue weighted by atomic mass is 35.5. The second kappa shape index (κ2) is 10.2. The van der Waals surface area contributed by atoms with Crippen LogP contribution in [0.4, 0.5) is 5.69 Å². The van der Waals surface area contributed by atoms with E-state index in [-0.39, 0.29) is 60.4 Å². The van der Waals surface area contributed by atoms with Crippen LogP contribution in [0.3, 0.4) is 0 Å². The predicted molar refractivity (Wildman–Crippen MR) is 129 cm³/mol. The molecule has 0 radical (unpaired) electrons. The molecular formula is C24H33Cl2N3O3. The van der Waals surface area contributed by atoms with Crippen LogP contribution < -0.4 is 4.90 Å². The number of allylic oxidation sites excluding steroid dienone is 1. The van der Waals surface area contributed by atoms with Gasteiger partial charge in [0.1, 0.15) is 0 Å². The normalized spacial score (nSPS) is 32.6. The minimum Gasteiger partial charge on any atom is -0.379 e. The van der Waals surface area contributed by atoms with Crippen molar-refractivity contribution < 1.29 is 14.3 Å². The van der Waals surface area contributed by atoms with Gasteiger partial charge in [-0.1, -0.05) is 36.8 Å². The summed E-state index contributed by atoms with van der Waals surface area (Å²) in [6.07, 6.45) is 2.29. The molecule has 5 atom stereocenters. The smallest absolute Gasteiger partial charge is 0.239 e. The number of amides is 2. The van der Waals surface area contributed by atoms with E-state index in [0.717, 1.165) is 45.9 Å². The molecule has 6 nitrogen and oxygen atoms in total. The zero-order valence-corrected chi connectivity index (χ0v) is 20.3. The van der Waals surface area contributed by atoms with Crippen LogP contribution in [0.25, 0.3) is 0 Å². The third kappa shape index (κ3) is 4.24. The van der Waals surface area contributed by atoms with Gasteiger partial charge in [-0.2, -0.15) is 0 Å². The Kier molecular flexibility index (Phi) is 8.05. The number of rotatable bonds is 4. The minimum atomic E-state index is -0.277. The standard InChI is InChI=1S/C24H31N3O3.2ClH/c1-16-14-19-21-22(24(29)27(23(21)28)18-6-4-3-5-7-18)20(16)17(2)15-26(19)9-8-25-10-12-30-13-11-25;;/h3-7,14,17,19-22H,8-13,15H2,1-2H3;2*1H. The fraction of sp³-hybridized carbons (Fsp3) is 0.583. The molecule has 2 bridgehead atoms. The molecule has 4 heterocycles. The quantitative estimate of drug-likeness (QED) is 0.488. The number of benzene rings is 1. The number of fused-ring (bicyclic) bond motifs is 2. The van der Waals surface area contributed by atoms with Gasteiger partial charge in [0.2, 0.25) is 11.8 Å². The van der Waals surface area contributed by atoms with Gasteiger partial charge in [-0.15, -0.1) is 24.8 Å². The first kappa shape index (κ1) is 25.2. The molecule has 6 rings (SSSR count). The Balaban J connectivity index is 0.00000144. The van der Waals surface area contributed by atoms with Crippen molar-refractivity contribution in [3.05, 3.63) is 42.0 Å². The van der Waals surface area contributed by atoms with Gasteiger partial charge >= 0.3 is 0 Å². The van der Waals surface area contributed by atoms with Crippen LogP contribution in [-0.2, 0) is 14.3 Å². The van der Waals surface area contributed by atoms with Crippen molar-refractivity contribution in [3.8, 4) is 0 Å². The molecule has 0 aromatic heterocycles. The minimum absolute atomic E-state index is 0. The number of nitrogens with zero attached hydrogens (tertiary/aromatic N) is 3. The highest BCUT2D eigenvalue weighted by molar-refractivity contribution is 6.22. The van der Waals surface area contributed by atoms with E-state index < -0.39 is 0 Å². The first-order chi connectivity index (χ1) is 14.6. The Labute approximate surface area is 202 Å². The molecule has 3 fully saturated rings. The van der Waals surface area contributed by atoms with E-state index in [4.69, 9.17) is 4.74 Å². The third-order valence-corrected chi connectivity index (χ3v) is 7.49. The van der Waals surface area contributed by atoms with Gasteiger partial charge in [-0.3, -0.25) is 19.4 Å². The Bertz CT molecular complexity index is 859. The van der Waals surface area contributed by atoms with E-state index in [1.165, 1.54) is 10.5 Å². The van der Waals surface area contributed by atoms with Crippen LogP contribution in [0.1, 0.15) is 13.8 Å². The maximum absolute atomic E-state index is 13.6. The maximum atomic E-state index is 13.6. The van der Waals surface area contributed by atoms with E-state index in [0.29, 0.717) is 11.6 Å². The van der Waals surface area contributed by atoms with Gasteiger partial charge in [-0.05, 0) is 30.9 Å². The molecule has 1 aromatic rings. The number of imide groups is 1. The molecule has 8 heteroatoms. The molecule has 4 aliphatic heterocycles. The lowest BCUT2D eigenvalue weighted by atomic mass is 9.68. The van der Waals surface area contributed by atoms with Gasteiger partial charge in [0.25, 0.3) is 0 Å². The molecule has 32 heavy (non-hydrogen) atoms. The summed E-state index contributed by atoms with van der Waals surface area (Å²) in [6.45, 7) is 10.8. The summed E-state index contributed by atoms with van der Waals surface area (Å²) in [6, 6.07) is 9.42. The summed E-state index contributed by atoms with van der Waals surface area (Å²) in [7, 11) is 0. The van der Waals surface area contributed by atoms with Crippen molar-refractivity contribution in [2.24, 2.45) is 23.7 Å². The number of halogens is 2. The van der Waals surface area contributed by atoms with Gasteiger partial charge in [-0.25, -0.2) is 4.90 Å². The monoisotopic (exact) mass is 481 g/mol. The number of hydrogen-bond acceptors (Lipinski definition) is 5. The summed E-state index contributed by atoms with van der Waals surface area (Å²) >= 11 is 0. The van der Waals surface area contributed by atoms with E-state index in [2.05, 4.69) is 29.7 Å². The number of morpholine rings is 1. The van der Waals surface area contributed by atoms with Crippen molar-refractivity contribution in [2.45, 2.75) is 19.9 Å². The lowest BCUT2D eigenvalue weighted by Gasteiger charge is -2.36. The fourth-order valence-corrected chi connectivity index (χ4v) is 6.12. The van der Waals surface area contributed by atoms with E-state index in [1.807, 2.05) is 30.3 Å². The number of anilines is 1. The molecule has 0 N–H and O–H groups in total. The summed E-state index contributed by atoms with van der Waals surface area (Å²) in [5, 5.41) is 0. The second-order valence-electron chi connectivity index (χ2n) is 9.25. The average Bonchev–Trinajstić information content (AvgIpc) is 2.87. The zero-order valence-electron chi connectivity index (χ0n) is 18.7. The highest BCUT2D eigenvalue weighted by Crippen LogP contribution is 2.49. The number of hydrogen-bond donors (Lipinski definition) is 0. The Hall–Kier alpha value is -1.44. The summed E-state index contributed by atoms with van der Waals surface area (Å²) < 4.78 is 5.48. The van der Waals surface area contributed by atoms with Crippen LogP contribution in [0.15, 0.2) is 42.0 Å². The van der Waals surface area contributed by atoms with Crippen molar-refractivity contribution in [1.82, 2.24) is 9.80 Å². The molecule has 0 spiro atoms. The molecule has 5 unspecified atom stereocenters. The molecule has 0 saturated carbocycles. The number of para-hydroxylation sites is 1. The van der Waals surface area contributed by atoms with Crippen LogP contribution >= 0.6 is 24.8 Å². The summed E-state index contributed by atoms with van der Waals surface area (Å²) in [5.41, 5.74) is 1.98. The fourth-order valence-electron chi connectivity index (χ4n) is 6.12. The number of carbonyl (C=O) groups is 2. The highest BCUT2D eigenvalue weighted by Gasteiger charge is 2.59. The van der Waals surface area contributed by atoms with Crippen LogP contribution in [0.2, 0.25) is 0 Å². The number of ether oxygens (including phenoxy) is 1. The maximum Gasteiger partial charge on any atom is 0.239 e. The molecule has 1 aliphatic carbocycles. The largest absolute Gasteiger partial charge is 0.379 e. The SMILES string of the molecule is CC1=CC2C3C(=O)N(c4ccccc4)C(=O)C3C1C(C)CN2CCN1CCOCC1.Cl.Cl. The summed E-state index contributed by atoms with van der Waals surface area (Å²) in [5.74, 6) is -0.0682. The van der Waals surface area contributed by atoms with Crippen molar-refractivity contribution in [3.63, 3.8) is 0 Å². The molecule has 176 valence electrons. The zero-order chi connectivity index (χ0) is 20.8. The number of carbonyl (C=O) groups excluding carboxylic acids is 2. The Morgan fingerprint density at radius 3 is 2.28 bits per heavy atom. The van der Waals surface area contributed by atoms with Crippen molar-refractivity contribution in [1.29, 1.82) is 0 Å². The first-order valence-electron chi connectivity index (χ1n) is 11.2. The average molecular weight is 482 g/mol. The van der Waals surface area contributed by atoms with E-state index >= 15 is 0 Å². The lowest BCUT2D eigenvalue weighted by molar-refractivity contribution is -0.123. The van der Waals surface area contributed by atoms with Gasteiger partial charge in [0.15, 0.2) is 0 Å². The van der Waals surface area contributed by atoms with E-state index in [9.17, 15) is 9.59 Å². The van der Waals surface area contributed by atoms with Crippen LogP contribution in [0.5, 0.6) is 0 Å². The van der Waals surface area contributed by atoms with Crippen molar-refractivity contribution in [2.75, 3.05) is 50.8 Å². The van der Waals surface area contributed by atoms with Gasteiger partial charge in [0, 0.05) is 38.8 Å². The van der Waals surface area contributed by atoms with E-state index in [1.54, 1.807) is 0 Å². The van der Waals surface area contributed by atoms with Crippen LogP contribution in [0, 0.1) is 23.7 Å². The molecule has 1 aromatic carbocycles. The molecule has 3 saturated heterocycles. The molecule has 5 aliphatic rings. The lowest BCUT2D eigenvalue weighted by Crippen LogP contribution is -2.48. The second-order valence-corrected chi connectivity index (χ2v) is 9.25. The Morgan fingerprint density at radius 1 is 0.938 bits per heavy atom. The first-order valence-corrected chi connectivity index (χ1v) is 11.2.